The van der Waals surface area contributed by atoms with Gasteiger partial charge in [0.1, 0.15) is 0 Å². The molecule has 0 saturated heterocycles. The maximum Gasteiger partial charge on any atom is 0.393 e. The van der Waals surface area contributed by atoms with Gasteiger partial charge < -0.3 is 0 Å². The van der Waals surface area contributed by atoms with E-state index < -0.39 is 9.28 Å². The average Bonchev–Trinajstić information content (AvgIpc) is 1.61. The van der Waals surface area contributed by atoms with Gasteiger partial charge in [0.25, 0.3) is 0 Å². The van der Waals surface area contributed by atoms with Crippen molar-refractivity contribution in [2.45, 2.75) is 12.5 Å². The van der Waals surface area contributed by atoms with Crippen LogP contribution in [0.5, 0.6) is 0 Å². The van der Waals surface area contributed by atoms with E-state index in [1.54, 1.807) is 6.08 Å². The van der Waals surface area contributed by atoms with Crippen molar-refractivity contribution in [3.8, 4) is 0 Å². The first-order valence-corrected chi connectivity index (χ1v) is 3.96. The SMILES string of the molecule is C=CCC[SiH]([O])[O]. The lowest BCUT2D eigenvalue weighted by Gasteiger charge is -1.86. The van der Waals surface area contributed by atoms with Crippen LogP contribution in [0.25, 0.3) is 0 Å². The highest BCUT2D eigenvalue weighted by Crippen LogP contribution is 1.91. The summed E-state index contributed by atoms with van der Waals surface area (Å²) in [5.74, 6) is 0. The van der Waals surface area contributed by atoms with E-state index in [2.05, 4.69) is 6.58 Å². The van der Waals surface area contributed by atoms with Crippen LogP contribution in [0.3, 0.4) is 0 Å². The number of rotatable bonds is 3. The van der Waals surface area contributed by atoms with E-state index >= 15 is 0 Å². The summed E-state index contributed by atoms with van der Waals surface area (Å²) >= 11 is 0. The zero-order valence-corrected chi connectivity index (χ0v) is 5.25. The second kappa shape index (κ2) is 4.05. The van der Waals surface area contributed by atoms with Crippen LogP contribution in [-0.2, 0) is 9.59 Å². The van der Waals surface area contributed by atoms with Crippen molar-refractivity contribution in [3.63, 3.8) is 0 Å². The van der Waals surface area contributed by atoms with Gasteiger partial charge in [-0.25, -0.2) is 0 Å². The molecule has 40 valence electrons. The van der Waals surface area contributed by atoms with Gasteiger partial charge in [0, 0.05) is 0 Å². The lowest BCUT2D eigenvalue weighted by atomic mass is 10.5. The molecule has 0 unspecified atom stereocenters. The predicted octanol–water partition coefficient (Wildman–Crippen LogP) is 0.644. The van der Waals surface area contributed by atoms with Crippen LogP contribution in [0.15, 0.2) is 12.7 Å². The number of allylic oxidation sites excluding steroid dienone is 1. The summed E-state index contributed by atoms with van der Waals surface area (Å²) in [4.78, 5) is 19.6. The summed E-state index contributed by atoms with van der Waals surface area (Å²) in [5.41, 5.74) is 0. The van der Waals surface area contributed by atoms with Crippen LogP contribution in [0.2, 0.25) is 6.04 Å². The maximum atomic E-state index is 9.82. The van der Waals surface area contributed by atoms with Crippen molar-refractivity contribution in [1.82, 2.24) is 0 Å². The minimum atomic E-state index is -2.76. The molecule has 0 aliphatic carbocycles. The summed E-state index contributed by atoms with van der Waals surface area (Å²) in [5, 5.41) is 0. The van der Waals surface area contributed by atoms with Crippen molar-refractivity contribution in [2.24, 2.45) is 0 Å². The first-order valence-electron chi connectivity index (χ1n) is 2.20. The van der Waals surface area contributed by atoms with E-state index in [1.807, 2.05) is 0 Å². The van der Waals surface area contributed by atoms with E-state index in [1.165, 1.54) is 0 Å². The maximum absolute atomic E-state index is 9.82. The molecule has 0 aliphatic rings. The van der Waals surface area contributed by atoms with E-state index in [0.717, 1.165) is 0 Å². The molecule has 0 rings (SSSR count). The van der Waals surface area contributed by atoms with Crippen molar-refractivity contribution >= 4 is 9.28 Å². The van der Waals surface area contributed by atoms with Gasteiger partial charge in [-0.3, -0.25) is 9.59 Å². The Morgan fingerprint density at radius 2 is 2.14 bits per heavy atom. The van der Waals surface area contributed by atoms with Crippen LogP contribution >= 0.6 is 0 Å². The molecule has 0 aromatic rings. The van der Waals surface area contributed by atoms with E-state index in [0.29, 0.717) is 12.5 Å². The van der Waals surface area contributed by atoms with Crippen molar-refractivity contribution in [3.05, 3.63) is 12.7 Å². The molecule has 0 fully saturated rings. The molecule has 2 nitrogen and oxygen atoms in total. The third-order valence-electron chi connectivity index (χ3n) is 0.606. The first kappa shape index (κ1) is 6.88. The highest BCUT2D eigenvalue weighted by atomic mass is 28.3. The molecule has 2 radical (unpaired) electrons. The molecule has 0 aromatic heterocycles. The Morgan fingerprint density at radius 3 is 2.29 bits per heavy atom. The molecule has 0 aliphatic heterocycles. The Labute approximate surface area is 45.0 Å². The van der Waals surface area contributed by atoms with Crippen LogP contribution in [0.4, 0.5) is 0 Å². The Balaban J connectivity index is 2.81. The summed E-state index contributed by atoms with van der Waals surface area (Å²) in [6.07, 6.45) is 2.21. The molecule has 3 heteroatoms. The fourth-order valence-electron chi connectivity index (χ4n) is 0.254. The quantitative estimate of drug-likeness (QED) is 0.383. The fourth-order valence-corrected chi connectivity index (χ4v) is 0.762. The van der Waals surface area contributed by atoms with Gasteiger partial charge in [-0.05, 0) is 12.5 Å². The largest absolute Gasteiger partial charge is 0.393 e. The molecule has 0 saturated carbocycles. The van der Waals surface area contributed by atoms with Gasteiger partial charge in [0.15, 0.2) is 0 Å². The van der Waals surface area contributed by atoms with Gasteiger partial charge in [-0.2, -0.15) is 0 Å². The highest BCUT2D eigenvalue weighted by Gasteiger charge is 2.01. The van der Waals surface area contributed by atoms with Gasteiger partial charge >= 0.3 is 9.28 Å². The third-order valence-corrected chi connectivity index (χ3v) is 1.41. The van der Waals surface area contributed by atoms with E-state index in [4.69, 9.17) is 0 Å². The van der Waals surface area contributed by atoms with Crippen LogP contribution in [0.1, 0.15) is 6.42 Å². The summed E-state index contributed by atoms with van der Waals surface area (Å²) < 4.78 is 0. The Morgan fingerprint density at radius 1 is 1.57 bits per heavy atom. The van der Waals surface area contributed by atoms with E-state index in [-0.39, 0.29) is 0 Å². The van der Waals surface area contributed by atoms with E-state index in [9.17, 15) is 9.59 Å². The topological polar surface area (TPSA) is 39.8 Å². The molecular weight excluding hydrogens is 108 g/mol. The van der Waals surface area contributed by atoms with Crippen molar-refractivity contribution in [1.29, 1.82) is 0 Å². The standard InChI is InChI=1S/C4H8O2Si/c1-2-3-4-7(5)6/h2,7H,1,3-4H2. The van der Waals surface area contributed by atoms with Gasteiger partial charge in [0.05, 0.1) is 0 Å². The zero-order chi connectivity index (χ0) is 5.70. The summed E-state index contributed by atoms with van der Waals surface area (Å²) in [6, 6.07) is 0.309. The number of hydrogen-bond donors (Lipinski definition) is 0. The second-order valence-corrected chi connectivity index (χ2v) is 2.73. The van der Waals surface area contributed by atoms with Crippen LogP contribution < -0.4 is 0 Å². The highest BCUT2D eigenvalue weighted by molar-refractivity contribution is 6.40. The molecule has 0 bridgehead atoms. The Hall–Kier alpha value is -0.123. The Kier molecular flexibility index (Phi) is 3.98. The third kappa shape index (κ3) is 5.88. The molecule has 0 spiro atoms. The van der Waals surface area contributed by atoms with Crippen molar-refractivity contribution in [2.75, 3.05) is 0 Å². The summed E-state index contributed by atoms with van der Waals surface area (Å²) in [7, 11) is -2.76. The van der Waals surface area contributed by atoms with Crippen molar-refractivity contribution < 1.29 is 9.59 Å². The van der Waals surface area contributed by atoms with Gasteiger partial charge in [0.2, 0.25) is 0 Å². The molecule has 0 atom stereocenters. The molecular formula is C4H8O2Si. The number of hydrogen-bond acceptors (Lipinski definition) is 0. The molecule has 0 amide bonds. The normalized spacial score (nSPS) is 9.57. The van der Waals surface area contributed by atoms with Gasteiger partial charge in [-0.1, -0.05) is 6.08 Å². The fraction of sp³-hybridized carbons (Fsp3) is 0.500. The summed E-state index contributed by atoms with van der Waals surface area (Å²) in [6.45, 7) is 3.38. The molecule has 0 heterocycles. The molecule has 7 heavy (non-hydrogen) atoms. The van der Waals surface area contributed by atoms with Crippen LogP contribution in [0, 0.1) is 0 Å². The Bertz CT molecular complexity index is 53.7. The minimum Gasteiger partial charge on any atom is -0.261 e. The second-order valence-electron chi connectivity index (χ2n) is 1.30. The zero-order valence-electron chi connectivity index (χ0n) is 4.09. The predicted molar refractivity (Wildman–Crippen MR) is 28.1 cm³/mol. The first-order chi connectivity index (χ1) is 3.27. The lowest BCUT2D eigenvalue weighted by Crippen LogP contribution is -2.03. The monoisotopic (exact) mass is 116 g/mol. The molecule has 0 aromatic carbocycles. The smallest absolute Gasteiger partial charge is 0.261 e. The van der Waals surface area contributed by atoms with Crippen LogP contribution in [-0.4, -0.2) is 9.28 Å². The molecule has 0 N–H and O–H groups in total. The minimum absolute atomic E-state index is 0.309. The lowest BCUT2D eigenvalue weighted by molar-refractivity contribution is 0.283. The average molecular weight is 116 g/mol. The van der Waals surface area contributed by atoms with Gasteiger partial charge in [-0.15, -0.1) is 6.58 Å².